The summed E-state index contributed by atoms with van der Waals surface area (Å²) in [5.41, 5.74) is 1.22. The van der Waals surface area contributed by atoms with Crippen LogP contribution < -0.4 is 5.32 Å². The Bertz CT molecular complexity index is 506. The highest BCUT2D eigenvalue weighted by atomic mass is 16.3. The first-order chi connectivity index (χ1) is 11.8. The summed E-state index contributed by atoms with van der Waals surface area (Å²) in [5.74, 6) is 0.900. The zero-order valence-electron chi connectivity index (χ0n) is 14.5. The normalized spacial score (nSPS) is 21.5. The van der Waals surface area contributed by atoms with E-state index < -0.39 is 0 Å². The average molecular weight is 330 g/mol. The standard InChI is InChI=1S/C20H30N2O2/c23-15-16-11-13-22(14-12-16)20(24)21-19(17-7-3-1-4-8-17)18-9-5-2-6-10-18/h1,3-4,7-8,16,18-19,23H,2,5-6,9-15H2,(H,21,24). The third-order valence-corrected chi connectivity index (χ3v) is 5.72. The third kappa shape index (κ3) is 4.29. The number of carbonyl (C=O) groups is 1. The molecule has 1 saturated heterocycles. The second kappa shape index (κ2) is 8.52. The van der Waals surface area contributed by atoms with Gasteiger partial charge in [0.05, 0.1) is 6.04 Å². The minimum Gasteiger partial charge on any atom is -0.396 e. The summed E-state index contributed by atoms with van der Waals surface area (Å²) in [5, 5.41) is 12.6. The van der Waals surface area contributed by atoms with Gasteiger partial charge in [0, 0.05) is 19.7 Å². The van der Waals surface area contributed by atoms with Gasteiger partial charge >= 0.3 is 6.03 Å². The molecule has 1 atom stereocenters. The van der Waals surface area contributed by atoms with Crippen molar-refractivity contribution in [3.63, 3.8) is 0 Å². The topological polar surface area (TPSA) is 52.6 Å². The van der Waals surface area contributed by atoms with E-state index in [2.05, 4.69) is 29.6 Å². The number of benzene rings is 1. The zero-order chi connectivity index (χ0) is 16.8. The van der Waals surface area contributed by atoms with E-state index in [1.54, 1.807) is 0 Å². The van der Waals surface area contributed by atoms with Gasteiger partial charge in [0.2, 0.25) is 0 Å². The van der Waals surface area contributed by atoms with Gasteiger partial charge in [-0.05, 0) is 43.1 Å². The van der Waals surface area contributed by atoms with E-state index in [0.29, 0.717) is 11.8 Å². The molecule has 4 heteroatoms. The van der Waals surface area contributed by atoms with Crippen LogP contribution >= 0.6 is 0 Å². The van der Waals surface area contributed by atoms with Crippen LogP contribution in [0.4, 0.5) is 4.79 Å². The van der Waals surface area contributed by atoms with Crippen LogP contribution in [0.1, 0.15) is 56.6 Å². The number of likely N-dealkylation sites (tertiary alicyclic amines) is 1. The molecule has 0 spiro atoms. The fraction of sp³-hybridized carbons (Fsp3) is 0.650. The molecule has 4 nitrogen and oxygen atoms in total. The fourth-order valence-corrected chi connectivity index (χ4v) is 4.14. The molecule has 132 valence electrons. The van der Waals surface area contributed by atoms with Gasteiger partial charge in [0.1, 0.15) is 0 Å². The molecule has 2 N–H and O–H groups in total. The number of carbonyl (C=O) groups excluding carboxylic acids is 1. The quantitative estimate of drug-likeness (QED) is 0.884. The van der Waals surface area contributed by atoms with Crippen LogP contribution in [0, 0.1) is 11.8 Å². The lowest BCUT2D eigenvalue weighted by Gasteiger charge is -2.36. The number of amides is 2. The van der Waals surface area contributed by atoms with E-state index in [9.17, 15) is 9.90 Å². The monoisotopic (exact) mass is 330 g/mol. The summed E-state index contributed by atoms with van der Waals surface area (Å²) in [6.07, 6.45) is 8.07. The van der Waals surface area contributed by atoms with Gasteiger partial charge in [0.25, 0.3) is 0 Å². The molecular formula is C20H30N2O2. The maximum absolute atomic E-state index is 12.8. The molecule has 1 aromatic carbocycles. The zero-order valence-corrected chi connectivity index (χ0v) is 14.5. The number of hydrogen-bond donors (Lipinski definition) is 2. The Balaban J connectivity index is 1.66. The highest BCUT2D eigenvalue weighted by Crippen LogP contribution is 2.34. The minimum atomic E-state index is 0.0609. The molecule has 2 fully saturated rings. The molecule has 3 rings (SSSR count). The third-order valence-electron chi connectivity index (χ3n) is 5.72. The predicted molar refractivity (Wildman–Crippen MR) is 95.7 cm³/mol. The average Bonchev–Trinajstić information content (AvgIpc) is 2.67. The number of nitrogens with one attached hydrogen (secondary N) is 1. The molecule has 2 amide bonds. The number of nitrogens with zero attached hydrogens (tertiary/aromatic N) is 1. The van der Waals surface area contributed by atoms with E-state index in [-0.39, 0.29) is 18.7 Å². The van der Waals surface area contributed by atoms with Crippen molar-refractivity contribution in [2.45, 2.75) is 51.0 Å². The number of aliphatic hydroxyl groups excluding tert-OH is 1. The number of aliphatic hydroxyl groups is 1. The number of hydrogen-bond acceptors (Lipinski definition) is 2. The first-order valence-corrected chi connectivity index (χ1v) is 9.49. The molecule has 1 saturated carbocycles. The smallest absolute Gasteiger partial charge is 0.317 e. The lowest BCUT2D eigenvalue weighted by atomic mass is 9.81. The Labute approximate surface area is 145 Å². The van der Waals surface area contributed by atoms with Gasteiger partial charge < -0.3 is 15.3 Å². The van der Waals surface area contributed by atoms with Crippen molar-refractivity contribution in [1.82, 2.24) is 10.2 Å². The van der Waals surface area contributed by atoms with Crippen LogP contribution in [0.25, 0.3) is 0 Å². The number of rotatable bonds is 4. The molecule has 24 heavy (non-hydrogen) atoms. The Kier molecular flexibility index (Phi) is 6.13. The summed E-state index contributed by atoms with van der Waals surface area (Å²) >= 11 is 0. The first kappa shape index (κ1) is 17.3. The second-order valence-electron chi connectivity index (χ2n) is 7.35. The molecule has 1 aliphatic heterocycles. The SMILES string of the molecule is O=C(NC(c1ccccc1)C1CCCCC1)N1CCC(CO)CC1. The second-order valence-corrected chi connectivity index (χ2v) is 7.35. The maximum Gasteiger partial charge on any atom is 0.317 e. The van der Waals surface area contributed by atoms with Crippen LogP contribution in [0.2, 0.25) is 0 Å². The summed E-state index contributed by atoms with van der Waals surface area (Å²) in [6, 6.07) is 10.6. The van der Waals surface area contributed by atoms with Crippen LogP contribution in [0.15, 0.2) is 30.3 Å². The molecule has 1 heterocycles. The summed E-state index contributed by atoms with van der Waals surface area (Å²) < 4.78 is 0. The summed E-state index contributed by atoms with van der Waals surface area (Å²) in [4.78, 5) is 14.7. The van der Waals surface area contributed by atoms with E-state index in [4.69, 9.17) is 0 Å². The van der Waals surface area contributed by atoms with Gasteiger partial charge in [0.15, 0.2) is 0 Å². The Morgan fingerprint density at radius 2 is 1.75 bits per heavy atom. The van der Waals surface area contributed by atoms with Crippen LogP contribution in [0.3, 0.4) is 0 Å². The Morgan fingerprint density at radius 3 is 2.38 bits per heavy atom. The summed E-state index contributed by atoms with van der Waals surface area (Å²) in [7, 11) is 0. The summed E-state index contributed by atoms with van der Waals surface area (Å²) in [6.45, 7) is 1.75. The van der Waals surface area contributed by atoms with Crippen molar-refractivity contribution in [2.24, 2.45) is 11.8 Å². The van der Waals surface area contributed by atoms with Crippen molar-refractivity contribution in [3.8, 4) is 0 Å². The van der Waals surface area contributed by atoms with Crippen molar-refractivity contribution in [3.05, 3.63) is 35.9 Å². The van der Waals surface area contributed by atoms with Crippen molar-refractivity contribution in [1.29, 1.82) is 0 Å². The van der Waals surface area contributed by atoms with Crippen molar-refractivity contribution in [2.75, 3.05) is 19.7 Å². The molecule has 0 aromatic heterocycles. The van der Waals surface area contributed by atoms with Gasteiger partial charge in [-0.1, -0.05) is 49.6 Å². The highest BCUT2D eigenvalue weighted by molar-refractivity contribution is 5.74. The molecular weight excluding hydrogens is 300 g/mol. The Morgan fingerprint density at radius 1 is 1.08 bits per heavy atom. The van der Waals surface area contributed by atoms with Crippen LogP contribution in [-0.2, 0) is 0 Å². The molecule has 1 unspecified atom stereocenters. The van der Waals surface area contributed by atoms with Gasteiger partial charge in [-0.15, -0.1) is 0 Å². The lowest BCUT2D eigenvalue weighted by Crippen LogP contribution is -2.47. The molecule has 0 radical (unpaired) electrons. The molecule has 1 aliphatic carbocycles. The van der Waals surface area contributed by atoms with Gasteiger partial charge in [-0.2, -0.15) is 0 Å². The highest BCUT2D eigenvalue weighted by Gasteiger charge is 2.29. The van der Waals surface area contributed by atoms with E-state index in [0.717, 1.165) is 25.9 Å². The van der Waals surface area contributed by atoms with Crippen LogP contribution in [-0.4, -0.2) is 35.7 Å². The number of piperidine rings is 1. The van der Waals surface area contributed by atoms with Gasteiger partial charge in [-0.25, -0.2) is 4.79 Å². The molecule has 1 aromatic rings. The van der Waals surface area contributed by atoms with E-state index in [1.165, 1.54) is 37.7 Å². The molecule has 2 aliphatic rings. The predicted octanol–water partition coefficient (Wildman–Crippen LogP) is 3.72. The largest absolute Gasteiger partial charge is 0.396 e. The van der Waals surface area contributed by atoms with Gasteiger partial charge in [-0.3, -0.25) is 0 Å². The minimum absolute atomic E-state index is 0.0609. The van der Waals surface area contributed by atoms with E-state index in [1.807, 2.05) is 11.0 Å². The van der Waals surface area contributed by atoms with Crippen molar-refractivity contribution < 1.29 is 9.90 Å². The van der Waals surface area contributed by atoms with Crippen LogP contribution in [0.5, 0.6) is 0 Å². The van der Waals surface area contributed by atoms with E-state index >= 15 is 0 Å². The number of urea groups is 1. The van der Waals surface area contributed by atoms with Crippen molar-refractivity contribution >= 4 is 6.03 Å². The molecule has 0 bridgehead atoms. The maximum atomic E-state index is 12.8. The lowest BCUT2D eigenvalue weighted by molar-refractivity contribution is 0.132. The first-order valence-electron chi connectivity index (χ1n) is 9.49. The Hall–Kier alpha value is -1.55. The fourth-order valence-electron chi connectivity index (χ4n) is 4.14.